The number of hydrogen-bond donors (Lipinski definition) is 1. The lowest BCUT2D eigenvalue weighted by Gasteiger charge is -2.40. The zero-order valence-corrected chi connectivity index (χ0v) is 16.5. The normalized spacial score (nSPS) is 16.1. The molecule has 0 aromatic heterocycles. The van der Waals surface area contributed by atoms with Gasteiger partial charge in [-0.1, -0.05) is 44.2 Å². The van der Waals surface area contributed by atoms with Crippen molar-refractivity contribution in [1.82, 2.24) is 10.2 Å². The van der Waals surface area contributed by atoms with Gasteiger partial charge in [0.2, 0.25) is 5.91 Å². The van der Waals surface area contributed by atoms with E-state index < -0.39 is 11.4 Å². The molecule has 1 fully saturated rings. The molecule has 1 aliphatic heterocycles. The van der Waals surface area contributed by atoms with Gasteiger partial charge in [-0.25, -0.2) is 0 Å². The third kappa shape index (κ3) is 5.08. The van der Waals surface area contributed by atoms with Crippen molar-refractivity contribution in [3.8, 4) is 0 Å². The van der Waals surface area contributed by atoms with Crippen LogP contribution >= 0.6 is 0 Å². The molecular weight excluding hydrogens is 344 g/mol. The van der Waals surface area contributed by atoms with Crippen LogP contribution in [-0.2, 0) is 24.5 Å². The summed E-state index contributed by atoms with van der Waals surface area (Å²) in [6.07, 6.45) is 2.66. The fourth-order valence-corrected chi connectivity index (χ4v) is 3.60. The molecule has 0 saturated carbocycles. The predicted octanol–water partition coefficient (Wildman–Crippen LogP) is 2.41. The molecule has 0 aliphatic carbocycles. The third-order valence-electron chi connectivity index (χ3n) is 5.46. The summed E-state index contributed by atoms with van der Waals surface area (Å²) in [7, 11) is 0. The van der Waals surface area contributed by atoms with Crippen LogP contribution in [0.15, 0.2) is 30.3 Å². The van der Waals surface area contributed by atoms with Crippen molar-refractivity contribution in [1.29, 1.82) is 0 Å². The van der Waals surface area contributed by atoms with Crippen LogP contribution in [0.2, 0.25) is 0 Å². The number of benzene rings is 1. The summed E-state index contributed by atoms with van der Waals surface area (Å²) in [5.41, 5.74) is 0.0566. The fraction of sp³-hybridized carbons (Fsp3) is 0.571. The summed E-state index contributed by atoms with van der Waals surface area (Å²) in [5, 5.41) is 2.88. The smallest absolute Gasteiger partial charge is 0.317 e. The van der Waals surface area contributed by atoms with Gasteiger partial charge in [-0.15, -0.1) is 0 Å². The number of carbonyl (C=O) groups is 3. The highest BCUT2D eigenvalue weighted by Crippen LogP contribution is 2.37. The molecule has 2 rings (SSSR count). The molecule has 1 aromatic carbocycles. The minimum absolute atomic E-state index is 0.00887. The van der Waals surface area contributed by atoms with E-state index in [1.807, 2.05) is 44.2 Å². The van der Waals surface area contributed by atoms with Gasteiger partial charge in [0.25, 0.3) is 5.91 Å². The minimum atomic E-state index is -0.817. The van der Waals surface area contributed by atoms with Crippen molar-refractivity contribution in [2.45, 2.75) is 57.9 Å². The second-order valence-corrected chi connectivity index (χ2v) is 7.11. The Labute approximate surface area is 161 Å². The van der Waals surface area contributed by atoms with Crippen LogP contribution in [-0.4, -0.2) is 48.4 Å². The molecule has 6 heteroatoms. The number of amides is 2. The van der Waals surface area contributed by atoms with Crippen molar-refractivity contribution in [2.75, 3.05) is 19.7 Å². The van der Waals surface area contributed by atoms with E-state index in [0.29, 0.717) is 25.9 Å². The van der Waals surface area contributed by atoms with E-state index in [0.717, 1.165) is 18.4 Å². The zero-order valence-electron chi connectivity index (χ0n) is 16.5. The molecule has 6 nitrogen and oxygen atoms in total. The Balaban J connectivity index is 2.09. The second kappa shape index (κ2) is 9.53. The predicted molar refractivity (Wildman–Crippen MR) is 103 cm³/mol. The Morgan fingerprint density at radius 3 is 2.22 bits per heavy atom. The molecule has 1 aromatic rings. The first-order valence-electron chi connectivity index (χ1n) is 9.70. The van der Waals surface area contributed by atoms with Crippen molar-refractivity contribution >= 4 is 17.8 Å². The lowest BCUT2D eigenvalue weighted by molar-refractivity contribution is -0.157. The monoisotopic (exact) mass is 374 g/mol. The number of nitrogens with one attached hydrogen (secondary N) is 1. The van der Waals surface area contributed by atoms with Gasteiger partial charge in [0.1, 0.15) is 0 Å². The minimum Gasteiger partial charge on any atom is -0.455 e. The van der Waals surface area contributed by atoms with E-state index in [1.54, 1.807) is 4.90 Å². The van der Waals surface area contributed by atoms with Crippen molar-refractivity contribution in [3.63, 3.8) is 0 Å². The molecule has 0 radical (unpaired) electrons. The van der Waals surface area contributed by atoms with Gasteiger partial charge in [-0.05, 0) is 31.2 Å². The molecular formula is C21H30N2O4. The van der Waals surface area contributed by atoms with Crippen molar-refractivity contribution < 1.29 is 19.1 Å². The molecule has 27 heavy (non-hydrogen) atoms. The number of nitrogens with zero attached hydrogens (tertiary/aromatic N) is 1. The molecule has 0 bridgehead atoms. The van der Waals surface area contributed by atoms with Gasteiger partial charge in [-0.2, -0.15) is 0 Å². The highest BCUT2D eigenvalue weighted by atomic mass is 16.5. The maximum Gasteiger partial charge on any atom is 0.317 e. The molecule has 0 atom stereocenters. The van der Waals surface area contributed by atoms with Crippen molar-refractivity contribution in [2.24, 2.45) is 0 Å². The quantitative estimate of drug-likeness (QED) is 0.744. The summed E-state index contributed by atoms with van der Waals surface area (Å²) in [5.74, 6) is -0.660. The van der Waals surface area contributed by atoms with Gasteiger partial charge in [-0.3, -0.25) is 14.4 Å². The zero-order chi connectivity index (χ0) is 19.9. The fourth-order valence-electron chi connectivity index (χ4n) is 3.60. The molecule has 0 spiro atoms. The van der Waals surface area contributed by atoms with Crippen LogP contribution in [0.25, 0.3) is 0 Å². The largest absolute Gasteiger partial charge is 0.455 e. The maximum absolute atomic E-state index is 13.0. The lowest BCUT2D eigenvalue weighted by atomic mass is 9.72. The molecule has 1 heterocycles. The summed E-state index contributed by atoms with van der Waals surface area (Å²) in [6, 6.07) is 9.60. The SMILES string of the molecule is CCC(CC)NC(=O)COC(=O)C1(c2ccccc2)CCN(C(C)=O)CC1. The number of piperidine rings is 1. The summed E-state index contributed by atoms with van der Waals surface area (Å²) >= 11 is 0. The number of hydrogen-bond acceptors (Lipinski definition) is 4. The summed E-state index contributed by atoms with van der Waals surface area (Å²) in [4.78, 5) is 38.5. The van der Waals surface area contributed by atoms with Gasteiger partial charge in [0.05, 0.1) is 5.41 Å². The number of likely N-dealkylation sites (tertiary alicyclic amines) is 1. The lowest BCUT2D eigenvalue weighted by Crippen LogP contribution is -2.50. The maximum atomic E-state index is 13.0. The topological polar surface area (TPSA) is 75.7 Å². The van der Waals surface area contributed by atoms with E-state index in [2.05, 4.69) is 5.32 Å². The molecule has 2 amide bonds. The number of ether oxygens (including phenoxy) is 1. The number of esters is 1. The first-order chi connectivity index (χ1) is 12.9. The molecule has 1 N–H and O–H groups in total. The standard InChI is InChI=1S/C21H30N2O4/c1-4-18(5-2)22-19(25)15-27-20(26)21(17-9-7-6-8-10-17)11-13-23(14-12-21)16(3)24/h6-10,18H,4-5,11-15H2,1-3H3,(H,22,25). The first-order valence-corrected chi connectivity index (χ1v) is 9.70. The molecule has 148 valence electrons. The summed E-state index contributed by atoms with van der Waals surface area (Å²) < 4.78 is 5.43. The highest BCUT2D eigenvalue weighted by Gasteiger charge is 2.44. The second-order valence-electron chi connectivity index (χ2n) is 7.11. The Kier molecular flexibility index (Phi) is 7.39. The van der Waals surface area contributed by atoms with E-state index >= 15 is 0 Å². The van der Waals surface area contributed by atoms with Gasteiger partial charge in [0.15, 0.2) is 6.61 Å². The van der Waals surface area contributed by atoms with Crippen LogP contribution in [0.1, 0.15) is 52.0 Å². The Morgan fingerprint density at radius 1 is 1.11 bits per heavy atom. The first kappa shape index (κ1) is 20.9. The van der Waals surface area contributed by atoms with E-state index in [1.165, 1.54) is 6.92 Å². The average molecular weight is 374 g/mol. The third-order valence-corrected chi connectivity index (χ3v) is 5.46. The molecule has 1 saturated heterocycles. The van der Waals surface area contributed by atoms with Crippen LogP contribution in [0.3, 0.4) is 0 Å². The molecule has 1 aliphatic rings. The van der Waals surface area contributed by atoms with Crippen LogP contribution in [0.5, 0.6) is 0 Å². The van der Waals surface area contributed by atoms with Gasteiger partial charge in [0, 0.05) is 26.1 Å². The molecule has 0 unspecified atom stereocenters. The average Bonchev–Trinajstić information content (AvgIpc) is 2.70. The van der Waals surface area contributed by atoms with E-state index in [4.69, 9.17) is 4.74 Å². The number of carbonyl (C=O) groups excluding carboxylic acids is 3. The Hall–Kier alpha value is -2.37. The van der Waals surface area contributed by atoms with Crippen LogP contribution in [0, 0.1) is 0 Å². The Bertz CT molecular complexity index is 647. The van der Waals surface area contributed by atoms with Crippen LogP contribution < -0.4 is 5.32 Å². The Morgan fingerprint density at radius 2 is 1.70 bits per heavy atom. The highest BCUT2D eigenvalue weighted by molar-refractivity contribution is 5.87. The summed E-state index contributed by atoms with van der Waals surface area (Å²) in [6.45, 7) is 6.27. The van der Waals surface area contributed by atoms with Crippen LogP contribution in [0.4, 0.5) is 0 Å². The van der Waals surface area contributed by atoms with Crippen molar-refractivity contribution in [3.05, 3.63) is 35.9 Å². The van der Waals surface area contributed by atoms with E-state index in [9.17, 15) is 14.4 Å². The van der Waals surface area contributed by atoms with E-state index in [-0.39, 0.29) is 24.5 Å². The van der Waals surface area contributed by atoms with Gasteiger partial charge < -0.3 is 15.0 Å². The van der Waals surface area contributed by atoms with Gasteiger partial charge >= 0.3 is 5.97 Å². The number of rotatable bonds is 7.